The molecule has 2 aliphatic heterocycles. The largest absolute Gasteiger partial charge is 0.345 e. The van der Waals surface area contributed by atoms with Crippen molar-refractivity contribution in [2.75, 3.05) is 26.7 Å². The third-order valence-electron chi connectivity index (χ3n) is 5.57. The van der Waals surface area contributed by atoms with E-state index in [1.54, 1.807) is 11.9 Å². The van der Waals surface area contributed by atoms with Crippen LogP contribution in [0.5, 0.6) is 0 Å². The molecule has 6 heteroatoms. The Morgan fingerprint density at radius 1 is 1.20 bits per heavy atom. The number of nitrogens with one attached hydrogen (secondary N) is 1. The highest BCUT2D eigenvalue weighted by molar-refractivity contribution is 6.01. The van der Waals surface area contributed by atoms with Crippen molar-refractivity contribution in [3.8, 4) is 0 Å². The van der Waals surface area contributed by atoms with Gasteiger partial charge in [-0.2, -0.15) is 0 Å². The van der Waals surface area contributed by atoms with E-state index in [1.807, 2.05) is 29.2 Å². The molecule has 25 heavy (non-hydrogen) atoms. The van der Waals surface area contributed by atoms with Gasteiger partial charge in [0.25, 0.3) is 0 Å². The quantitative estimate of drug-likeness (QED) is 0.867. The topological polar surface area (TPSA) is 69.3 Å². The van der Waals surface area contributed by atoms with Crippen molar-refractivity contribution in [1.29, 1.82) is 0 Å². The lowest BCUT2D eigenvalue weighted by Crippen LogP contribution is -2.44. The van der Waals surface area contributed by atoms with Gasteiger partial charge in [-0.25, -0.2) is 4.98 Å². The molecule has 2 aromatic rings. The number of aromatic nitrogens is 2. The Hall–Kier alpha value is -2.37. The maximum absolute atomic E-state index is 12.6. The van der Waals surface area contributed by atoms with Gasteiger partial charge < -0.3 is 14.8 Å². The molecule has 6 nitrogen and oxygen atoms in total. The number of H-pyrrole nitrogens is 1. The van der Waals surface area contributed by atoms with Crippen molar-refractivity contribution >= 4 is 22.8 Å². The molecule has 2 aliphatic rings. The molecule has 4 rings (SSSR count). The number of imidazole rings is 1. The number of para-hydroxylation sites is 2. The molecule has 0 bridgehead atoms. The van der Waals surface area contributed by atoms with E-state index in [2.05, 4.69) is 9.97 Å². The molecule has 1 N–H and O–H groups in total. The number of amides is 2. The third kappa shape index (κ3) is 3.13. The fourth-order valence-electron chi connectivity index (χ4n) is 4.01. The standard InChI is InChI=1S/C19H24N4O2/c1-22-9-8-14(18(22)24)19(25)23-10-6-13(7-11-23)12-17-20-15-4-2-3-5-16(15)21-17/h2-5,13-14H,6-12H2,1H3,(H,20,21). The summed E-state index contributed by atoms with van der Waals surface area (Å²) in [6.07, 6.45) is 3.52. The van der Waals surface area contributed by atoms with E-state index in [0.717, 1.165) is 49.2 Å². The van der Waals surface area contributed by atoms with Gasteiger partial charge in [-0.05, 0) is 37.3 Å². The number of carbonyl (C=O) groups excluding carboxylic acids is 2. The molecule has 3 heterocycles. The van der Waals surface area contributed by atoms with Crippen molar-refractivity contribution in [2.24, 2.45) is 11.8 Å². The summed E-state index contributed by atoms with van der Waals surface area (Å²) in [5.74, 6) is 1.12. The van der Waals surface area contributed by atoms with E-state index < -0.39 is 5.92 Å². The molecule has 132 valence electrons. The molecule has 0 spiro atoms. The number of hydrogen-bond acceptors (Lipinski definition) is 3. The first kappa shape index (κ1) is 16.1. The Morgan fingerprint density at radius 3 is 2.64 bits per heavy atom. The maximum atomic E-state index is 12.6. The highest BCUT2D eigenvalue weighted by Gasteiger charge is 2.38. The molecule has 0 radical (unpaired) electrons. The monoisotopic (exact) mass is 340 g/mol. The van der Waals surface area contributed by atoms with Crippen LogP contribution in [0.1, 0.15) is 25.1 Å². The van der Waals surface area contributed by atoms with Gasteiger partial charge >= 0.3 is 0 Å². The maximum Gasteiger partial charge on any atom is 0.235 e. The number of likely N-dealkylation sites (tertiary alicyclic amines) is 2. The Labute approximate surface area is 147 Å². The first-order chi connectivity index (χ1) is 12.1. The van der Waals surface area contributed by atoms with Gasteiger partial charge in [-0.3, -0.25) is 9.59 Å². The van der Waals surface area contributed by atoms with Crippen molar-refractivity contribution in [2.45, 2.75) is 25.7 Å². The second kappa shape index (κ2) is 6.50. The van der Waals surface area contributed by atoms with Crippen LogP contribution in [-0.2, 0) is 16.0 Å². The van der Waals surface area contributed by atoms with Gasteiger partial charge in [0.1, 0.15) is 11.7 Å². The number of piperidine rings is 1. The van der Waals surface area contributed by atoms with E-state index >= 15 is 0 Å². The van der Waals surface area contributed by atoms with Gasteiger partial charge in [0.15, 0.2) is 0 Å². The number of aromatic amines is 1. The molecule has 2 fully saturated rings. The number of carbonyl (C=O) groups is 2. The number of benzene rings is 1. The van der Waals surface area contributed by atoms with E-state index in [4.69, 9.17) is 0 Å². The van der Waals surface area contributed by atoms with Gasteiger partial charge in [0.2, 0.25) is 11.8 Å². The molecule has 1 atom stereocenters. The Bertz CT molecular complexity index is 759. The minimum absolute atomic E-state index is 0.0191. The first-order valence-corrected chi connectivity index (χ1v) is 9.09. The number of nitrogens with zero attached hydrogens (tertiary/aromatic N) is 3. The second-order valence-electron chi connectivity index (χ2n) is 7.27. The van der Waals surface area contributed by atoms with Gasteiger partial charge in [-0.15, -0.1) is 0 Å². The lowest BCUT2D eigenvalue weighted by molar-refractivity contribution is -0.143. The average molecular weight is 340 g/mol. The first-order valence-electron chi connectivity index (χ1n) is 9.09. The van der Waals surface area contributed by atoms with Crippen LogP contribution in [0.4, 0.5) is 0 Å². The van der Waals surface area contributed by atoms with Crippen molar-refractivity contribution in [3.05, 3.63) is 30.1 Å². The summed E-state index contributed by atoms with van der Waals surface area (Å²) >= 11 is 0. The van der Waals surface area contributed by atoms with Gasteiger partial charge in [-0.1, -0.05) is 12.1 Å². The predicted molar refractivity (Wildman–Crippen MR) is 94.8 cm³/mol. The molecular formula is C19H24N4O2. The van der Waals surface area contributed by atoms with Crippen LogP contribution in [0.25, 0.3) is 11.0 Å². The van der Waals surface area contributed by atoms with Crippen LogP contribution < -0.4 is 0 Å². The van der Waals surface area contributed by atoms with E-state index in [0.29, 0.717) is 18.9 Å². The Kier molecular flexibility index (Phi) is 4.19. The average Bonchev–Trinajstić information content (AvgIpc) is 3.18. The summed E-state index contributed by atoms with van der Waals surface area (Å²) in [5.41, 5.74) is 2.09. The summed E-state index contributed by atoms with van der Waals surface area (Å²) in [4.78, 5) is 36.2. The minimum atomic E-state index is -0.447. The molecule has 1 unspecified atom stereocenters. The summed E-state index contributed by atoms with van der Waals surface area (Å²) in [6.45, 7) is 2.19. The molecular weight excluding hydrogens is 316 g/mol. The summed E-state index contributed by atoms with van der Waals surface area (Å²) < 4.78 is 0. The van der Waals surface area contributed by atoms with E-state index in [-0.39, 0.29) is 11.8 Å². The molecule has 0 saturated carbocycles. The van der Waals surface area contributed by atoms with Crippen molar-refractivity contribution in [3.63, 3.8) is 0 Å². The predicted octanol–water partition coefficient (Wildman–Crippen LogP) is 1.82. The van der Waals surface area contributed by atoms with Crippen LogP contribution >= 0.6 is 0 Å². The van der Waals surface area contributed by atoms with Gasteiger partial charge in [0.05, 0.1) is 11.0 Å². The molecule has 2 saturated heterocycles. The normalized spacial score (nSPS) is 22.1. The second-order valence-corrected chi connectivity index (χ2v) is 7.27. The van der Waals surface area contributed by atoms with E-state index in [1.165, 1.54) is 0 Å². The highest BCUT2D eigenvalue weighted by Crippen LogP contribution is 2.25. The summed E-state index contributed by atoms with van der Waals surface area (Å²) in [5, 5.41) is 0. The summed E-state index contributed by atoms with van der Waals surface area (Å²) in [6, 6.07) is 8.07. The van der Waals surface area contributed by atoms with E-state index in [9.17, 15) is 9.59 Å². The zero-order chi connectivity index (χ0) is 17.4. The molecule has 0 aliphatic carbocycles. The van der Waals surface area contributed by atoms with Gasteiger partial charge in [0, 0.05) is 33.1 Å². The number of fused-ring (bicyclic) bond motifs is 1. The van der Waals surface area contributed by atoms with Crippen molar-refractivity contribution in [1.82, 2.24) is 19.8 Å². The Balaban J connectivity index is 1.33. The zero-order valence-corrected chi connectivity index (χ0v) is 14.6. The van der Waals surface area contributed by atoms with Crippen LogP contribution in [0.15, 0.2) is 24.3 Å². The van der Waals surface area contributed by atoms with Crippen LogP contribution in [0.2, 0.25) is 0 Å². The Morgan fingerprint density at radius 2 is 1.96 bits per heavy atom. The van der Waals surface area contributed by atoms with Crippen molar-refractivity contribution < 1.29 is 9.59 Å². The lowest BCUT2D eigenvalue weighted by Gasteiger charge is -2.33. The number of hydrogen-bond donors (Lipinski definition) is 1. The smallest absolute Gasteiger partial charge is 0.235 e. The molecule has 1 aromatic carbocycles. The summed E-state index contributed by atoms with van der Waals surface area (Å²) in [7, 11) is 1.77. The van der Waals surface area contributed by atoms with Crippen LogP contribution in [-0.4, -0.2) is 58.3 Å². The SMILES string of the molecule is CN1CCC(C(=O)N2CCC(Cc3nc4ccccc4[nH]3)CC2)C1=O. The fraction of sp³-hybridized carbons (Fsp3) is 0.526. The number of rotatable bonds is 3. The zero-order valence-electron chi connectivity index (χ0n) is 14.6. The van der Waals surface area contributed by atoms with Crippen LogP contribution in [0.3, 0.4) is 0 Å². The molecule has 2 amide bonds. The molecule has 1 aromatic heterocycles. The third-order valence-corrected chi connectivity index (χ3v) is 5.57. The highest BCUT2D eigenvalue weighted by atomic mass is 16.2. The minimum Gasteiger partial charge on any atom is -0.345 e. The van der Waals surface area contributed by atoms with Crippen LogP contribution in [0, 0.1) is 11.8 Å². The lowest BCUT2D eigenvalue weighted by atomic mass is 9.92. The fourth-order valence-corrected chi connectivity index (χ4v) is 4.01.